The number of hydrogen-bond acceptors (Lipinski definition) is 3. The average molecular weight is 264 g/mol. The van der Waals surface area contributed by atoms with Crippen molar-refractivity contribution in [2.45, 2.75) is 32.2 Å². The summed E-state index contributed by atoms with van der Waals surface area (Å²) in [5, 5.41) is 14.8. The second kappa shape index (κ2) is 6.78. The van der Waals surface area contributed by atoms with Crippen LogP contribution in [0.3, 0.4) is 0 Å². The van der Waals surface area contributed by atoms with Gasteiger partial charge in [0.1, 0.15) is 5.54 Å². The Morgan fingerprint density at radius 1 is 1.16 bits per heavy atom. The number of para-hydroxylation sites is 1. The van der Waals surface area contributed by atoms with Gasteiger partial charge in [0.05, 0.1) is 6.54 Å². The third kappa shape index (κ3) is 3.98. The summed E-state index contributed by atoms with van der Waals surface area (Å²) >= 11 is 0. The molecule has 1 amide bonds. The molecule has 0 spiro atoms. The highest BCUT2D eigenvalue weighted by molar-refractivity contribution is 5.88. The van der Waals surface area contributed by atoms with Gasteiger partial charge in [0.15, 0.2) is 0 Å². The van der Waals surface area contributed by atoms with E-state index in [1.807, 2.05) is 30.3 Å². The Kier molecular flexibility index (Phi) is 5.36. The van der Waals surface area contributed by atoms with E-state index in [2.05, 4.69) is 10.6 Å². The van der Waals surface area contributed by atoms with Crippen LogP contribution in [-0.2, 0) is 9.59 Å². The highest BCUT2D eigenvalue weighted by atomic mass is 16.4. The van der Waals surface area contributed by atoms with Crippen LogP contribution in [0, 0.1) is 0 Å². The zero-order chi connectivity index (χ0) is 14.3. The lowest BCUT2D eigenvalue weighted by molar-refractivity contribution is -0.147. The van der Waals surface area contributed by atoms with Crippen LogP contribution >= 0.6 is 0 Å². The van der Waals surface area contributed by atoms with Gasteiger partial charge in [-0.25, -0.2) is 4.79 Å². The summed E-state index contributed by atoms with van der Waals surface area (Å²) in [4.78, 5) is 23.1. The Hall–Kier alpha value is -2.04. The van der Waals surface area contributed by atoms with Gasteiger partial charge in [-0.2, -0.15) is 0 Å². The van der Waals surface area contributed by atoms with E-state index >= 15 is 0 Å². The number of benzene rings is 1. The quantitative estimate of drug-likeness (QED) is 0.702. The summed E-state index contributed by atoms with van der Waals surface area (Å²) in [6.07, 6.45) is 0.714. The predicted molar refractivity (Wildman–Crippen MR) is 74.0 cm³/mol. The number of hydrogen-bond donors (Lipinski definition) is 3. The molecule has 104 valence electrons. The van der Waals surface area contributed by atoms with Crippen molar-refractivity contribution in [3.63, 3.8) is 0 Å². The van der Waals surface area contributed by atoms with E-state index in [9.17, 15) is 14.7 Å². The Balaban J connectivity index is 2.57. The SMILES string of the molecule is CCC(CC)(NC(=O)CNc1ccccc1)C(=O)O. The van der Waals surface area contributed by atoms with Crippen LogP contribution in [-0.4, -0.2) is 29.1 Å². The number of anilines is 1. The molecule has 0 saturated carbocycles. The van der Waals surface area contributed by atoms with Crippen molar-refractivity contribution in [1.82, 2.24) is 5.32 Å². The molecule has 0 aliphatic rings. The van der Waals surface area contributed by atoms with Crippen molar-refractivity contribution in [1.29, 1.82) is 0 Å². The molecule has 0 fully saturated rings. The molecule has 0 unspecified atom stereocenters. The van der Waals surface area contributed by atoms with Crippen molar-refractivity contribution >= 4 is 17.6 Å². The monoisotopic (exact) mass is 264 g/mol. The fourth-order valence-corrected chi connectivity index (χ4v) is 1.83. The van der Waals surface area contributed by atoms with Crippen LogP contribution in [0.4, 0.5) is 5.69 Å². The van der Waals surface area contributed by atoms with Gasteiger partial charge in [-0.05, 0) is 25.0 Å². The van der Waals surface area contributed by atoms with Crippen molar-refractivity contribution < 1.29 is 14.7 Å². The topological polar surface area (TPSA) is 78.4 Å². The van der Waals surface area contributed by atoms with Gasteiger partial charge in [-0.1, -0.05) is 32.0 Å². The lowest BCUT2D eigenvalue weighted by atomic mass is 9.93. The normalized spacial score (nSPS) is 10.8. The third-order valence-corrected chi connectivity index (χ3v) is 3.22. The molecule has 0 aliphatic carbocycles. The van der Waals surface area contributed by atoms with E-state index in [0.717, 1.165) is 5.69 Å². The first-order valence-electron chi connectivity index (χ1n) is 6.37. The van der Waals surface area contributed by atoms with Gasteiger partial charge in [0.25, 0.3) is 0 Å². The minimum atomic E-state index is -1.17. The van der Waals surface area contributed by atoms with Crippen molar-refractivity contribution in [2.75, 3.05) is 11.9 Å². The third-order valence-electron chi connectivity index (χ3n) is 3.22. The van der Waals surface area contributed by atoms with Gasteiger partial charge in [-0.3, -0.25) is 4.79 Å². The number of carbonyl (C=O) groups excluding carboxylic acids is 1. The molecular weight excluding hydrogens is 244 g/mol. The maximum absolute atomic E-state index is 11.8. The Morgan fingerprint density at radius 3 is 2.21 bits per heavy atom. The molecule has 3 N–H and O–H groups in total. The zero-order valence-corrected chi connectivity index (χ0v) is 11.3. The van der Waals surface area contributed by atoms with E-state index < -0.39 is 11.5 Å². The van der Waals surface area contributed by atoms with Crippen LogP contribution in [0.2, 0.25) is 0 Å². The van der Waals surface area contributed by atoms with E-state index in [-0.39, 0.29) is 12.5 Å². The summed E-state index contributed by atoms with van der Waals surface area (Å²) in [6, 6.07) is 9.29. The lowest BCUT2D eigenvalue weighted by Gasteiger charge is -2.28. The molecule has 0 saturated heterocycles. The van der Waals surface area contributed by atoms with Crippen LogP contribution < -0.4 is 10.6 Å². The highest BCUT2D eigenvalue weighted by Gasteiger charge is 2.36. The predicted octanol–water partition coefficient (Wildman–Crippen LogP) is 1.86. The molecule has 0 atom stereocenters. The minimum Gasteiger partial charge on any atom is -0.480 e. The molecule has 5 heteroatoms. The van der Waals surface area contributed by atoms with Crippen molar-refractivity contribution in [3.8, 4) is 0 Å². The van der Waals surface area contributed by atoms with E-state index in [1.165, 1.54) is 0 Å². The average Bonchev–Trinajstić information content (AvgIpc) is 2.43. The maximum atomic E-state index is 11.8. The summed E-state index contributed by atoms with van der Waals surface area (Å²) in [5.74, 6) is -1.32. The summed E-state index contributed by atoms with van der Waals surface area (Å²) in [5.41, 5.74) is -0.346. The molecule has 0 radical (unpaired) electrons. The highest BCUT2D eigenvalue weighted by Crippen LogP contribution is 2.15. The van der Waals surface area contributed by atoms with Gasteiger partial charge >= 0.3 is 5.97 Å². The first kappa shape index (κ1) is 15.0. The van der Waals surface area contributed by atoms with Crippen LogP contribution in [0.15, 0.2) is 30.3 Å². The number of amides is 1. The minimum absolute atomic E-state index is 0.0546. The maximum Gasteiger partial charge on any atom is 0.329 e. The van der Waals surface area contributed by atoms with Crippen LogP contribution in [0.25, 0.3) is 0 Å². The molecular formula is C14H20N2O3. The summed E-state index contributed by atoms with van der Waals surface area (Å²) in [6.45, 7) is 3.56. The van der Waals surface area contributed by atoms with Gasteiger partial charge in [-0.15, -0.1) is 0 Å². The molecule has 0 bridgehead atoms. The molecule has 1 rings (SSSR count). The summed E-state index contributed by atoms with van der Waals surface area (Å²) in [7, 11) is 0. The molecule has 0 aliphatic heterocycles. The van der Waals surface area contributed by atoms with E-state index in [1.54, 1.807) is 13.8 Å². The summed E-state index contributed by atoms with van der Waals surface area (Å²) < 4.78 is 0. The molecule has 1 aromatic rings. The largest absolute Gasteiger partial charge is 0.480 e. The van der Waals surface area contributed by atoms with E-state index in [0.29, 0.717) is 12.8 Å². The molecule has 1 aromatic carbocycles. The standard InChI is InChI=1S/C14H20N2O3/c1-3-14(4-2,13(18)19)16-12(17)10-15-11-8-6-5-7-9-11/h5-9,15H,3-4,10H2,1-2H3,(H,16,17)(H,18,19). The first-order valence-corrected chi connectivity index (χ1v) is 6.37. The number of aliphatic carboxylic acids is 1. The first-order chi connectivity index (χ1) is 9.04. The number of carboxylic acid groups (broad SMARTS) is 1. The Bertz CT molecular complexity index is 428. The van der Waals surface area contributed by atoms with Crippen molar-refractivity contribution in [2.24, 2.45) is 0 Å². The fourth-order valence-electron chi connectivity index (χ4n) is 1.83. The Morgan fingerprint density at radius 2 is 1.74 bits per heavy atom. The smallest absolute Gasteiger partial charge is 0.329 e. The molecule has 0 heterocycles. The second-order valence-electron chi connectivity index (χ2n) is 4.36. The second-order valence-corrected chi connectivity index (χ2v) is 4.36. The molecule has 19 heavy (non-hydrogen) atoms. The van der Waals surface area contributed by atoms with Crippen LogP contribution in [0.1, 0.15) is 26.7 Å². The van der Waals surface area contributed by atoms with Gasteiger partial charge in [0.2, 0.25) is 5.91 Å². The van der Waals surface area contributed by atoms with Gasteiger partial charge in [0, 0.05) is 5.69 Å². The molecule has 5 nitrogen and oxygen atoms in total. The number of carboxylic acids is 1. The fraction of sp³-hybridized carbons (Fsp3) is 0.429. The van der Waals surface area contributed by atoms with E-state index in [4.69, 9.17) is 0 Å². The van der Waals surface area contributed by atoms with Crippen molar-refractivity contribution in [3.05, 3.63) is 30.3 Å². The van der Waals surface area contributed by atoms with Crippen LogP contribution in [0.5, 0.6) is 0 Å². The Labute approximate surface area is 113 Å². The zero-order valence-electron chi connectivity index (χ0n) is 11.3. The van der Waals surface area contributed by atoms with Gasteiger partial charge < -0.3 is 15.7 Å². The molecule has 0 aromatic heterocycles. The number of nitrogens with one attached hydrogen (secondary N) is 2. The lowest BCUT2D eigenvalue weighted by Crippen LogP contribution is -2.55. The number of carbonyl (C=O) groups is 2. The number of rotatable bonds is 7.